The molecule has 2 unspecified atom stereocenters. The number of hydrogen-bond donors (Lipinski definition) is 0. The Labute approximate surface area is 105 Å². The van der Waals surface area contributed by atoms with Crippen molar-refractivity contribution in [3.63, 3.8) is 0 Å². The van der Waals surface area contributed by atoms with E-state index in [9.17, 15) is 4.79 Å². The van der Waals surface area contributed by atoms with Crippen LogP contribution in [-0.2, 0) is 16.1 Å². The molecule has 17 heavy (non-hydrogen) atoms. The van der Waals surface area contributed by atoms with Crippen molar-refractivity contribution in [2.45, 2.75) is 19.6 Å². The van der Waals surface area contributed by atoms with Crippen LogP contribution in [0.5, 0.6) is 0 Å². The predicted octanol–water partition coefficient (Wildman–Crippen LogP) is 2.51. The molecular weight excluding hydrogens is 234 g/mol. The van der Waals surface area contributed by atoms with Crippen LogP contribution in [0.15, 0.2) is 35.3 Å². The number of esters is 1. The number of carbonyl (C=O) groups excluding carboxylic acids is 1. The molecule has 0 saturated heterocycles. The maximum atomic E-state index is 11.8. The van der Waals surface area contributed by atoms with E-state index in [1.807, 2.05) is 42.8 Å². The number of aliphatic imine (C=N–C) groups is 1. The van der Waals surface area contributed by atoms with E-state index in [1.54, 1.807) is 11.8 Å². The number of thioether (sulfide) groups is 1. The zero-order valence-electron chi connectivity index (χ0n) is 9.70. The first-order valence-electron chi connectivity index (χ1n) is 5.61. The summed E-state index contributed by atoms with van der Waals surface area (Å²) < 4.78 is 5.28. The van der Waals surface area contributed by atoms with Gasteiger partial charge in [0.1, 0.15) is 6.61 Å². The standard InChI is InChI=1S/C13H15NO2S/c1-10(12-8-17-9-14-12)13(15)16-7-11-5-3-2-4-6-11/h2-6,9-10,12H,7-8H2,1H3. The number of carbonyl (C=O) groups is 1. The molecule has 0 N–H and O–H groups in total. The third-order valence-electron chi connectivity index (χ3n) is 2.77. The third kappa shape index (κ3) is 3.33. The highest BCUT2D eigenvalue weighted by atomic mass is 32.2. The Kier molecular flexibility index (Phi) is 4.20. The molecule has 0 amide bonds. The van der Waals surface area contributed by atoms with E-state index < -0.39 is 0 Å². The molecule has 2 atom stereocenters. The molecule has 3 nitrogen and oxygen atoms in total. The van der Waals surface area contributed by atoms with Gasteiger partial charge >= 0.3 is 5.97 Å². The van der Waals surface area contributed by atoms with E-state index in [1.165, 1.54) is 0 Å². The third-order valence-corrected chi connectivity index (χ3v) is 3.57. The van der Waals surface area contributed by atoms with Crippen LogP contribution < -0.4 is 0 Å². The summed E-state index contributed by atoms with van der Waals surface area (Å²) in [5, 5.41) is 0. The average molecular weight is 249 g/mol. The van der Waals surface area contributed by atoms with Crippen molar-refractivity contribution in [2.24, 2.45) is 10.9 Å². The monoisotopic (exact) mass is 249 g/mol. The van der Waals surface area contributed by atoms with Gasteiger partial charge in [0, 0.05) is 5.75 Å². The number of ether oxygens (including phenoxy) is 1. The number of rotatable bonds is 4. The van der Waals surface area contributed by atoms with Gasteiger partial charge < -0.3 is 4.74 Å². The number of nitrogens with zero attached hydrogens (tertiary/aromatic N) is 1. The molecule has 0 fully saturated rings. The van der Waals surface area contributed by atoms with Crippen molar-refractivity contribution in [3.8, 4) is 0 Å². The summed E-state index contributed by atoms with van der Waals surface area (Å²) in [6.45, 7) is 2.22. The van der Waals surface area contributed by atoms with Gasteiger partial charge in [-0.3, -0.25) is 9.79 Å². The van der Waals surface area contributed by atoms with Crippen molar-refractivity contribution in [2.75, 3.05) is 5.75 Å². The minimum Gasteiger partial charge on any atom is -0.461 e. The summed E-state index contributed by atoms with van der Waals surface area (Å²) in [6, 6.07) is 9.78. The molecule has 1 aromatic rings. The van der Waals surface area contributed by atoms with Crippen molar-refractivity contribution in [1.29, 1.82) is 0 Å². The zero-order valence-corrected chi connectivity index (χ0v) is 10.5. The average Bonchev–Trinajstić information content (AvgIpc) is 2.90. The van der Waals surface area contributed by atoms with Crippen LogP contribution in [0.2, 0.25) is 0 Å². The van der Waals surface area contributed by atoms with Crippen LogP contribution in [0.25, 0.3) is 0 Å². The summed E-state index contributed by atoms with van der Waals surface area (Å²) >= 11 is 1.64. The summed E-state index contributed by atoms with van der Waals surface area (Å²) in [5.74, 6) is 0.546. The Morgan fingerprint density at radius 2 is 2.29 bits per heavy atom. The van der Waals surface area contributed by atoms with Crippen molar-refractivity contribution >= 4 is 23.3 Å². The lowest BCUT2D eigenvalue weighted by molar-refractivity contribution is -0.149. The fourth-order valence-electron chi connectivity index (χ4n) is 1.60. The summed E-state index contributed by atoms with van der Waals surface area (Å²) in [5.41, 5.74) is 2.82. The van der Waals surface area contributed by atoms with E-state index in [-0.39, 0.29) is 17.9 Å². The normalized spacial score (nSPS) is 20.2. The first-order valence-corrected chi connectivity index (χ1v) is 6.66. The molecule has 0 spiro atoms. The van der Waals surface area contributed by atoms with Gasteiger partial charge in [-0.25, -0.2) is 0 Å². The van der Waals surface area contributed by atoms with E-state index >= 15 is 0 Å². The molecule has 0 radical (unpaired) electrons. The van der Waals surface area contributed by atoms with Gasteiger partial charge in [-0.15, -0.1) is 11.8 Å². The van der Waals surface area contributed by atoms with Gasteiger partial charge in [0.05, 0.1) is 17.5 Å². The second kappa shape index (κ2) is 5.87. The largest absolute Gasteiger partial charge is 0.461 e. The molecule has 0 aromatic heterocycles. The molecule has 1 aromatic carbocycles. The SMILES string of the molecule is CC(C(=O)OCc1ccccc1)C1CSC=N1. The number of benzene rings is 1. The summed E-state index contributed by atoms with van der Waals surface area (Å²) in [4.78, 5) is 16.0. The van der Waals surface area contributed by atoms with Gasteiger partial charge in [-0.1, -0.05) is 30.3 Å². The van der Waals surface area contributed by atoms with E-state index in [0.29, 0.717) is 6.61 Å². The predicted molar refractivity (Wildman–Crippen MR) is 70.1 cm³/mol. The van der Waals surface area contributed by atoms with Crippen molar-refractivity contribution in [3.05, 3.63) is 35.9 Å². The van der Waals surface area contributed by atoms with Crippen molar-refractivity contribution < 1.29 is 9.53 Å². The van der Waals surface area contributed by atoms with Crippen LogP contribution >= 0.6 is 11.8 Å². The summed E-state index contributed by atoms with van der Waals surface area (Å²) in [6.07, 6.45) is 0. The molecule has 1 aliphatic rings. The molecule has 0 saturated carbocycles. The molecular formula is C13H15NO2S. The van der Waals surface area contributed by atoms with E-state index in [2.05, 4.69) is 4.99 Å². The van der Waals surface area contributed by atoms with Crippen LogP contribution in [0.1, 0.15) is 12.5 Å². The Balaban J connectivity index is 1.83. The molecule has 1 aliphatic heterocycles. The van der Waals surface area contributed by atoms with E-state index in [4.69, 9.17) is 4.74 Å². The number of hydrogen-bond acceptors (Lipinski definition) is 4. The maximum absolute atomic E-state index is 11.8. The Bertz CT molecular complexity index is 405. The Hall–Kier alpha value is -1.29. The highest BCUT2D eigenvalue weighted by Crippen LogP contribution is 2.20. The van der Waals surface area contributed by atoms with Crippen molar-refractivity contribution in [1.82, 2.24) is 0 Å². The van der Waals surface area contributed by atoms with Gasteiger partial charge in [-0.2, -0.15) is 0 Å². The molecule has 90 valence electrons. The second-order valence-corrected chi connectivity index (χ2v) is 4.91. The lowest BCUT2D eigenvalue weighted by Gasteiger charge is -2.15. The highest BCUT2D eigenvalue weighted by molar-refractivity contribution is 8.12. The van der Waals surface area contributed by atoms with Crippen LogP contribution in [0.4, 0.5) is 0 Å². The maximum Gasteiger partial charge on any atom is 0.311 e. The Morgan fingerprint density at radius 1 is 1.53 bits per heavy atom. The topological polar surface area (TPSA) is 38.7 Å². The summed E-state index contributed by atoms with van der Waals surface area (Å²) in [7, 11) is 0. The Morgan fingerprint density at radius 3 is 2.94 bits per heavy atom. The van der Waals surface area contributed by atoms with Gasteiger partial charge in [0.2, 0.25) is 0 Å². The quantitative estimate of drug-likeness (QED) is 0.770. The second-order valence-electron chi connectivity index (χ2n) is 4.04. The van der Waals surface area contributed by atoms with E-state index in [0.717, 1.165) is 11.3 Å². The molecule has 2 rings (SSSR count). The van der Waals surface area contributed by atoms with Gasteiger partial charge in [0.25, 0.3) is 0 Å². The minimum absolute atomic E-state index is 0.0725. The lowest BCUT2D eigenvalue weighted by atomic mass is 10.1. The first kappa shape index (κ1) is 12.2. The fourth-order valence-corrected chi connectivity index (χ4v) is 2.50. The molecule has 4 heteroatoms. The minimum atomic E-state index is -0.168. The zero-order chi connectivity index (χ0) is 12.1. The fraction of sp³-hybridized carbons (Fsp3) is 0.385. The smallest absolute Gasteiger partial charge is 0.311 e. The highest BCUT2D eigenvalue weighted by Gasteiger charge is 2.26. The van der Waals surface area contributed by atoms with Gasteiger partial charge in [0.15, 0.2) is 0 Å². The molecule has 0 bridgehead atoms. The van der Waals surface area contributed by atoms with Gasteiger partial charge in [-0.05, 0) is 12.5 Å². The lowest BCUT2D eigenvalue weighted by Crippen LogP contribution is -2.26. The van der Waals surface area contributed by atoms with Crippen LogP contribution in [0.3, 0.4) is 0 Å². The van der Waals surface area contributed by atoms with Crippen LogP contribution in [0, 0.1) is 5.92 Å². The molecule has 0 aliphatic carbocycles. The van der Waals surface area contributed by atoms with Crippen LogP contribution in [-0.4, -0.2) is 23.3 Å². The first-order chi connectivity index (χ1) is 8.27. The molecule has 1 heterocycles.